The van der Waals surface area contributed by atoms with E-state index in [4.69, 9.17) is 5.11 Å². The van der Waals surface area contributed by atoms with Crippen molar-refractivity contribution in [2.24, 2.45) is 0 Å². The molecule has 0 unspecified atom stereocenters. The van der Waals surface area contributed by atoms with Crippen molar-refractivity contribution in [2.45, 2.75) is 90.4 Å². The van der Waals surface area contributed by atoms with Crippen molar-refractivity contribution in [2.75, 3.05) is 0 Å². The molecule has 0 amide bonds. The number of carbonyl (C=O) groups is 1. The van der Waals surface area contributed by atoms with E-state index in [0.717, 1.165) is 12.8 Å². The van der Waals surface area contributed by atoms with E-state index in [2.05, 4.69) is 6.92 Å². The molecule has 0 spiro atoms. The van der Waals surface area contributed by atoms with Crippen LogP contribution in [0.2, 0.25) is 0 Å². The minimum absolute atomic E-state index is 0. The zero-order valence-electron chi connectivity index (χ0n) is 12.5. The summed E-state index contributed by atoms with van der Waals surface area (Å²) in [5.74, 6) is -0.655. The van der Waals surface area contributed by atoms with Crippen LogP contribution in [0.3, 0.4) is 0 Å². The fraction of sp³-hybridized carbons (Fsp3) is 0.933. The Labute approximate surface area is 125 Å². The molecule has 0 aliphatic rings. The zero-order valence-corrected chi connectivity index (χ0v) is 12.5. The van der Waals surface area contributed by atoms with Gasteiger partial charge in [-0.25, -0.2) is 0 Å². The number of carboxylic acids is 1. The molecule has 2 nitrogen and oxygen atoms in total. The van der Waals surface area contributed by atoms with Gasteiger partial charge in [-0.15, -0.1) is 0 Å². The number of hydrogen-bond donors (Lipinski definition) is 1. The first-order valence-corrected chi connectivity index (χ1v) is 7.49. The van der Waals surface area contributed by atoms with Gasteiger partial charge in [-0.05, 0) is 6.42 Å². The predicted molar refractivity (Wildman–Crippen MR) is 79.1 cm³/mol. The first-order chi connectivity index (χ1) is 8.27. The minimum atomic E-state index is -0.655. The fourth-order valence-corrected chi connectivity index (χ4v) is 2.12. The van der Waals surface area contributed by atoms with Crippen LogP contribution in [0, 0.1) is 0 Å². The standard InChI is InChI=1S/C15H30O2.Li/c1-2-3-4-5-6-7-8-9-10-11-12-13-14-15(16)17;/h2-14H2,1H3,(H,16,17);. The second kappa shape index (κ2) is 17.1. The van der Waals surface area contributed by atoms with Crippen LogP contribution in [0.4, 0.5) is 0 Å². The van der Waals surface area contributed by atoms with E-state index in [1.165, 1.54) is 64.2 Å². The quantitative estimate of drug-likeness (QED) is 0.376. The normalized spacial score (nSPS) is 10.1. The molecule has 1 radical (unpaired) electrons. The van der Waals surface area contributed by atoms with Crippen molar-refractivity contribution in [3.8, 4) is 0 Å². The molecule has 0 saturated carbocycles. The van der Waals surface area contributed by atoms with E-state index in [1.54, 1.807) is 0 Å². The molecule has 0 heterocycles. The second-order valence-electron chi connectivity index (χ2n) is 5.03. The summed E-state index contributed by atoms with van der Waals surface area (Å²) < 4.78 is 0. The van der Waals surface area contributed by atoms with E-state index in [9.17, 15) is 4.79 Å². The Morgan fingerprint density at radius 1 is 0.722 bits per heavy atom. The van der Waals surface area contributed by atoms with Crippen molar-refractivity contribution < 1.29 is 9.90 Å². The van der Waals surface area contributed by atoms with Gasteiger partial charge < -0.3 is 5.11 Å². The summed E-state index contributed by atoms with van der Waals surface area (Å²) in [4.78, 5) is 10.3. The van der Waals surface area contributed by atoms with Crippen LogP contribution in [0.1, 0.15) is 90.4 Å². The van der Waals surface area contributed by atoms with Crippen LogP contribution in [0.15, 0.2) is 0 Å². The van der Waals surface area contributed by atoms with Crippen LogP contribution < -0.4 is 0 Å². The van der Waals surface area contributed by atoms with Crippen LogP contribution >= 0.6 is 0 Å². The SMILES string of the molecule is CCCCCCCCCCCCCCC(=O)O.[Li]. The van der Waals surface area contributed by atoms with Gasteiger partial charge >= 0.3 is 5.97 Å². The van der Waals surface area contributed by atoms with Gasteiger partial charge in [0.1, 0.15) is 0 Å². The van der Waals surface area contributed by atoms with Crippen LogP contribution in [-0.2, 0) is 4.79 Å². The number of unbranched alkanes of at least 4 members (excludes halogenated alkanes) is 11. The van der Waals surface area contributed by atoms with Gasteiger partial charge in [-0.2, -0.15) is 0 Å². The van der Waals surface area contributed by atoms with Crippen molar-refractivity contribution in [3.63, 3.8) is 0 Å². The molecule has 3 heteroatoms. The summed E-state index contributed by atoms with van der Waals surface area (Å²) >= 11 is 0. The maximum absolute atomic E-state index is 10.3. The summed E-state index contributed by atoms with van der Waals surface area (Å²) in [7, 11) is 0. The minimum Gasteiger partial charge on any atom is -0.481 e. The summed E-state index contributed by atoms with van der Waals surface area (Å²) in [6.45, 7) is 2.25. The van der Waals surface area contributed by atoms with E-state index in [0.29, 0.717) is 6.42 Å². The summed E-state index contributed by atoms with van der Waals surface area (Å²) in [5.41, 5.74) is 0. The molecule has 0 atom stereocenters. The molecule has 0 rings (SSSR count). The van der Waals surface area contributed by atoms with Crippen molar-refractivity contribution in [3.05, 3.63) is 0 Å². The molecular formula is C15H30LiO2. The summed E-state index contributed by atoms with van der Waals surface area (Å²) in [5, 5.41) is 8.47. The maximum Gasteiger partial charge on any atom is 0.303 e. The topological polar surface area (TPSA) is 37.3 Å². The molecular weight excluding hydrogens is 219 g/mol. The molecule has 0 aromatic carbocycles. The Hall–Kier alpha value is 0.0674. The Morgan fingerprint density at radius 2 is 1.06 bits per heavy atom. The smallest absolute Gasteiger partial charge is 0.303 e. The number of carboxylic acid groups (broad SMARTS) is 1. The largest absolute Gasteiger partial charge is 0.481 e. The molecule has 0 fully saturated rings. The number of rotatable bonds is 13. The second-order valence-corrected chi connectivity index (χ2v) is 5.03. The Kier molecular flexibility index (Phi) is 19.3. The van der Waals surface area contributed by atoms with Gasteiger partial charge in [0.15, 0.2) is 0 Å². The van der Waals surface area contributed by atoms with Crippen LogP contribution in [0.5, 0.6) is 0 Å². The molecule has 0 aromatic rings. The third-order valence-corrected chi connectivity index (χ3v) is 3.24. The average molecular weight is 249 g/mol. The molecule has 18 heavy (non-hydrogen) atoms. The van der Waals surface area contributed by atoms with Gasteiger partial charge in [0, 0.05) is 25.3 Å². The molecule has 1 N–H and O–H groups in total. The first-order valence-electron chi connectivity index (χ1n) is 7.49. The average Bonchev–Trinajstić information content (AvgIpc) is 2.30. The summed E-state index contributed by atoms with van der Waals surface area (Å²) in [6, 6.07) is 0. The van der Waals surface area contributed by atoms with E-state index in [-0.39, 0.29) is 18.9 Å². The molecule has 103 valence electrons. The van der Waals surface area contributed by atoms with E-state index in [1.807, 2.05) is 0 Å². The molecule has 0 aliphatic carbocycles. The summed E-state index contributed by atoms with van der Waals surface area (Å²) in [6.07, 6.45) is 15.8. The number of aliphatic carboxylic acids is 1. The van der Waals surface area contributed by atoms with Gasteiger partial charge in [-0.3, -0.25) is 4.79 Å². The fourth-order valence-electron chi connectivity index (χ4n) is 2.12. The zero-order chi connectivity index (χ0) is 12.8. The van der Waals surface area contributed by atoms with Crippen molar-refractivity contribution in [1.29, 1.82) is 0 Å². The van der Waals surface area contributed by atoms with E-state index >= 15 is 0 Å². The van der Waals surface area contributed by atoms with Gasteiger partial charge in [-0.1, -0.05) is 77.6 Å². The molecule has 0 aromatic heterocycles. The van der Waals surface area contributed by atoms with Crippen LogP contribution in [0.25, 0.3) is 0 Å². The Balaban J connectivity index is 0. The third kappa shape index (κ3) is 18.4. The van der Waals surface area contributed by atoms with Crippen molar-refractivity contribution in [1.82, 2.24) is 0 Å². The third-order valence-electron chi connectivity index (χ3n) is 3.24. The maximum atomic E-state index is 10.3. The Morgan fingerprint density at radius 3 is 1.39 bits per heavy atom. The van der Waals surface area contributed by atoms with Gasteiger partial charge in [0.25, 0.3) is 0 Å². The molecule has 0 aliphatic heterocycles. The molecule has 0 saturated heterocycles. The monoisotopic (exact) mass is 249 g/mol. The van der Waals surface area contributed by atoms with Crippen LogP contribution in [-0.4, -0.2) is 29.9 Å². The Bertz CT molecular complexity index is 172. The van der Waals surface area contributed by atoms with Gasteiger partial charge in [0.05, 0.1) is 0 Å². The first kappa shape index (κ1) is 20.4. The van der Waals surface area contributed by atoms with Gasteiger partial charge in [0.2, 0.25) is 0 Å². The predicted octanol–water partition coefficient (Wildman–Crippen LogP) is 4.78. The number of hydrogen-bond acceptors (Lipinski definition) is 1. The molecule has 0 bridgehead atoms. The van der Waals surface area contributed by atoms with Crippen molar-refractivity contribution >= 4 is 24.8 Å². The van der Waals surface area contributed by atoms with E-state index < -0.39 is 5.97 Å².